The summed E-state index contributed by atoms with van der Waals surface area (Å²) < 4.78 is 2.04. The fourth-order valence-corrected chi connectivity index (χ4v) is 3.34. The minimum Gasteiger partial charge on any atom is -0.306 e. The van der Waals surface area contributed by atoms with Gasteiger partial charge in [0.25, 0.3) is 0 Å². The van der Waals surface area contributed by atoms with E-state index < -0.39 is 0 Å². The lowest BCUT2D eigenvalue weighted by Crippen LogP contribution is -2.48. The van der Waals surface area contributed by atoms with E-state index in [4.69, 9.17) is 0 Å². The van der Waals surface area contributed by atoms with E-state index >= 15 is 0 Å². The molecule has 1 N–H and O–H groups in total. The zero-order valence-corrected chi connectivity index (χ0v) is 14.5. The van der Waals surface area contributed by atoms with Gasteiger partial charge >= 0.3 is 0 Å². The minimum atomic E-state index is 0.139. The Bertz CT molecular complexity index is 625. The summed E-state index contributed by atoms with van der Waals surface area (Å²) >= 11 is 0. The molecular formula is C19H28N4. The summed E-state index contributed by atoms with van der Waals surface area (Å²) in [6.07, 6.45) is 8.33. The maximum atomic E-state index is 4.11. The van der Waals surface area contributed by atoms with Crippen LogP contribution in [0.15, 0.2) is 36.9 Å². The van der Waals surface area contributed by atoms with Crippen molar-refractivity contribution in [2.45, 2.75) is 45.7 Å². The van der Waals surface area contributed by atoms with E-state index in [2.05, 4.69) is 54.2 Å². The zero-order chi connectivity index (χ0) is 16.3. The molecule has 1 aliphatic rings. The van der Waals surface area contributed by atoms with Crippen LogP contribution in [0.5, 0.6) is 0 Å². The van der Waals surface area contributed by atoms with Crippen molar-refractivity contribution in [1.29, 1.82) is 0 Å². The Kier molecular flexibility index (Phi) is 4.83. The van der Waals surface area contributed by atoms with Crippen molar-refractivity contribution in [3.63, 3.8) is 0 Å². The number of nitrogens with zero attached hydrogens (tertiary/aromatic N) is 3. The lowest BCUT2D eigenvalue weighted by atomic mass is 10.0. The van der Waals surface area contributed by atoms with E-state index in [9.17, 15) is 0 Å². The molecule has 4 nitrogen and oxygen atoms in total. The van der Waals surface area contributed by atoms with Crippen molar-refractivity contribution in [2.24, 2.45) is 0 Å². The van der Waals surface area contributed by atoms with Crippen molar-refractivity contribution >= 4 is 0 Å². The highest BCUT2D eigenvalue weighted by Gasteiger charge is 2.23. The number of hydrogen-bond donors (Lipinski definition) is 1. The first kappa shape index (κ1) is 16.2. The van der Waals surface area contributed by atoms with Crippen LogP contribution in [0.1, 0.15) is 37.8 Å². The quantitative estimate of drug-likeness (QED) is 0.889. The number of benzene rings is 1. The van der Waals surface area contributed by atoms with Gasteiger partial charge in [-0.3, -0.25) is 0 Å². The van der Waals surface area contributed by atoms with E-state index in [1.165, 1.54) is 42.7 Å². The highest BCUT2D eigenvalue weighted by atomic mass is 15.2. The molecule has 0 amide bonds. The Balaban J connectivity index is 1.61. The molecule has 0 radical (unpaired) electrons. The molecular weight excluding hydrogens is 284 g/mol. The van der Waals surface area contributed by atoms with Crippen LogP contribution in [-0.4, -0.2) is 39.6 Å². The molecule has 0 spiro atoms. The summed E-state index contributed by atoms with van der Waals surface area (Å²) in [7, 11) is 0. The first-order chi connectivity index (χ1) is 11.0. The highest BCUT2D eigenvalue weighted by Crippen LogP contribution is 2.17. The number of likely N-dealkylation sites (tertiary alicyclic amines) is 1. The molecule has 23 heavy (non-hydrogen) atoms. The lowest BCUT2D eigenvalue weighted by Gasteiger charge is -2.31. The minimum absolute atomic E-state index is 0.139. The average molecular weight is 312 g/mol. The second kappa shape index (κ2) is 6.85. The van der Waals surface area contributed by atoms with Crippen LogP contribution < -0.4 is 5.32 Å². The zero-order valence-electron chi connectivity index (χ0n) is 14.5. The van der Waals surface area contributed by atoms with E-state index in [0.717, 1.165) is 13.1 Å². The summed E-state index contributed by atoms with van der Waals surface area (Å²) in [5, 5.41) is 3.74. The smallest absolute Gasteiger partial charge is 0.0991 e. The molecule has 1 aliphatic heterocycles. The van der Waals surface area contributed by atoms with Crippen LogP contribution in [0.2, 0.25) is 0 Å². The van der Waals surface area contributed by atoms with Crippen LogP contribution in [0.3, 0.4) is 0 Å². The average Bonchev–Trinajstić information content (AvgIpc) is 3.18. The van der Waals surface area contributed by atoms with Gasteiger partial charge in [0.15, 0.2) is 0 Å². The highest BCUT2D eigenvalue weighted by molar-refractivity contribution is 5.40. The fraction of sp³-hybridized carbons (Fsp3) is 0.526. The first-order valence-corrected chi connectivity index (χ1v) is 8.59. The Hall–Kier alpha value is -1.65. The molecule has 1 saturated heterocycles. The molecule has 0 unspecified atom stereocenters. The molecule has 2 aromatic rings. The molecule has 1 aromatic carbocycles. The number of aryl methyl sites for hydroxylation is 1. The second-order valence-corrected chi connectivity index (χ2v) is 7.30. The third-order valence-electron chi connectivity index (χ3n) is 4.70. The van der Waals surface area contributed by atoms with E-state index in [1.54, 1.807) is 0 Å². The topological polar surface area (TPSA) is 33.1 Å². The third kappa shape index (κ3) is 4.21. The molecule has 0 bridgehead atoms. The SMILES string of the molecule is Cc1cc(-n2ccnc2)ccc1CNC(C)(C)CN1CCCC1. The first-order valence-electron chi connectivity index (χ1n) is 8.59. The number of rotatable bonds is 6. The van der Waals surface area contributed by atoms with Crippen molar-refractivity contribution < 1.29 is 0 Å². The summed E-state index contributed by atoms with van der Waals surface area (Å²) in [6, 6.07) is 6.62. The van der Waals surface area contributed by atoms with E-state index in [0.29, 0.717) is 0 Å². The van der Waals surface area contributed by atoms with Gasteiger partial charge in [0.05, 0.1) is 6.33 Å². The number of nitrogens with one attached hydrogen (secondary N) is 1. The Morgan fingerprint density at radius 3 is 2.65 bits per heavy atom. The third-order valence-corrected chi connectivity index (χ3v) is 4.70. The van der Waals surface area contributed by atoms with Gasteiger partial charge in [-0.05, 0) is 70.0 Å². The van der Waals surface area contributed by atoms with Crippen LogP contribution in [0.25, 0.3) is 5.69 Å². The number of hydrogen-bond acceptors (Lipinski definition) is 3. The molecule has 0 aliphatic carbocycles. The maximum Gasteiger partial charge on any atom is 0.0991 e. The van der Waals surface area contributed by atoms with Gasteiger partial charge in [-0.15, -0.1) is 0 Å². The van der Waals surface area contributed by atoms with Gasteiger partial charge in [-0.2, -0.15) is 0 Å². The van der Waals surface area contributed by atoms with Crippen LogP contribution in [-0.2, 0) is 6.54 Å². The second-order valence-electron chi connectivity index (χ2n) is 7.30. The van der Waals surface area contributed by atoms with Gasteiger partial charge in [0.1, 0.15) is 0 Å². The monoisotopic (exact) mass is 312 g/mol. The van der Waals surface area contributed by atoms with Crippen LogP contribution >= 0.6 is 0 Å². The molecule has 0 saturated carbocycles. The van der Waals surface area contributed by atoms with Crippen LogP contribution in [0, 0.1) is 6.92 Å². The molecule has 0 atom stereocenters. The summed E-state index contributed by atoms with van der Waals surface area (Å²) in [6.45, 7) is 11.3. The van der Waals surface area contributed by atoms with Gasteiger partial charge in [0.2, 0.25) is 0 Å². The van der Waals surface area contributed by atoms with Gasteiger partial charge in [-0.1, -0.05) is 6.07 Å². The van der Waals surface area contributed by atoms with Crippen LogP contribution in [0.4, 0.5) is 0 Å². The normalized spacial score (nSPS) is 16.1. The molecule has 124 valence electrons. The van der Waals surface area contributed by atoms with Crippen molar-refractivity contribution in [2.75, 3.05) is 19.6 Å². The van der Waals surface area contributed by atoms with Gasteiger partial charge < -0.3 is 14.8 Å². The van der Waals surface area contributed by atoms with Crippen molar-refractivity contribution in [1.82, 2.24) is 19.8 Å². The molecule has 3 rings (SSSR count). The largest absolute Gasteiger partial charge is 0.306 e. The Labute approximate surface area is 139 Å². The lowest BCUT2D eigenvalue weighted by molar-refractivity contribution is 0.234. The fourth-order valence-electron chi connectivity index (χ4n) is 3.34. The Morgan fingerprint density at radius 1 is 1.22 bits per heavy atom. The summed E-state index contributed by atoms with van der Waals surface area (Å²) in [4.78, 5) is 6.69. The molecule has 1 fully saturated rings. The standard InChI is InChI=1S/C19H28N4/c1-16-12-18(23-11-8-20-15-23)7-6-17(16)13-21-19(2,3)14-22-9-4-5-10-22/h6-8,11-12,15,21H,4-5,9-10,13-14H2,1-3H3. The predicted octanol–water partition coefficient (Wildman–Crippen LogP) is 3.14. The maximum absolute atomic E-state index is 4.11. The van der Waals surface area contributed by atoms with Crippen molar-refractivity contribution in [3.05, 3.63) is 48.0 Å². The Morgan fingerprint density at radius 2 is 2.00 bits per heavy atom. The van der Waals surface area contributed by atoms with Gasteiger partial charge in [0, 0.05) is 36.7 Å². The summed E-state index contributed by atoms with van der Waals surface area (Å²) in [5.74, 6) is 0. The van der Waals surface area contributed by atoms with Crippen molar-refractivity contribution in [3.8, 4) is 5.69 Å². The molecule has 1 aromatic heterocycles. The van der Waals surface area contributed by atoms with E-state index in [-0.39, 0.29) is 5.54 Å². The van der Waals surface area contributed by atoms with E-state index in [1.807, 2.05) is 23.3 Å². The van der Waals surface area contributed by atoms with Gasteiger partial charge in [-0.25, -0.2) is 4.98 Å². The summed E-state index contributed by atoms with van der Waals surface area (Å²) in [5.41, 5.74) is 3.99. The number of imidazole rings is 1. The molecule has 2 heterocycles. The molecule has 4 heteroatoms. The predicted molar refractivity (Wildman–Crippen MR) is 94.9 cm³/mol. The number of aromatic nitrogens is 2.